The standard InChI is InChI=1S/C10H18N4O2S/c1-2-9-12-7-10(14-9)17(15,16)13-6-5-11-8-3-4-8/h7-8,11,13H,2-6H2,1H3,(H,12,14). The number of hydrogen-bond donors (Lipinski definition) is 3. The first-order valence-electron chi connectivity index (χ1n) is 5.89. The van der Waals surface area contributed by atoms with E-state index in [1.807, 2.05) is 6.92 Å². The Hall–Kier alpha value is -0.920. The van der Waals surface area contributed by atoms with E-state index < -0.39 is 10.0 Å². The van der Waals surface area contributed by atoms with E-state index in [-0.39, 0.29) is 5.03 Å². The van der Waals surface area contributed by atoms with Gasteiger partial charge in [0.2, 0.25) is 0 Å². The molecule has 1 heterocycles. The normalized spacial score (nSPS) is 16.3. The molecule has 0 unspecified atom stereocenters. The van der Waals surface area contributed by atoms with Crippen molar-refractivity contribution >= 4 is 10.0 Å². The Bertz CT molecular complexity index is 464. The van der Waals surface area contributed by atoms with Gasteiger partial charge >= 0.3 is 0 Å². The zero-order valence-electron chi connectivity index (χ0n) is 9.86. The van der Waals surface area contributed by atoms with Crippen LogP contribution in [0, 0.1) is 0 Å². The summed E-state index contributed by atoms with van der Waals surface area (Å²) in [6, 6.07) is 0.596. The maximum absolute atomic E-state index is 11.8. The SMILES string of the molecule is CCc1ncc(S(=O)(=O)NCCNC2CC2)[nH]1. The first-order chi connectivity index (χ1) is 8.12. The molecule has 0 radical (unpaired) electrons. The molecule has 0 bridgehead atoms. The molecule has 96 valence electrons. The molecule has 1 aromatic heterocycles. The van der Waals surface area contributed by atoms with Crippen LogP contribution >= 0.6 is 0 Å². The fraction of sp³-hybridized carbons (Fsp3) is 0.700. The Morgan fingerprint density at radius 3 is 2.82 bits per heavy atom. The Labute approximate surface area is 101 Å². The van der Waals surface area contributed by atoms with Crippen LogP contribution in [0.5, 0.6) is 0 Å². The van der Waals surface area contributed by atoms with Crippen LogP contribution in [0.3, 0.4) is 0 Å². The van der Waals surface area contributed by atoms with Crippen molar-refractivity contribution in [2.45, 2.75) is 37.3 Å². The maximum Gasteiger partial charge on any atom is 0.257 e. The van der Waals surface area contributed by atoms with Crippen LogP contribution in [0.2, 0.25) is 0 Å². The summed E-state index contributed by atoms with van der Waals surface area (Å²) in [5.74, 6) is 0.682. The van der Waals surface area contributed by atoms with Gasteiger partial charge in [-0.25, -0.2) is 18.1 Å². The number of aryl methyl sites for hydroxylation is 1. The minimum Gasteiger partial charge on any atom is -0.332 e. The molecule has 1 fully saturated rings. The van der Waals surface area contributed by atoms with Crippen molar-refractivity contribution in [2.75, 3.05) is 13.1 Å². The minimum atomic E-state index is -3.44. The fourth-order valence-corrected chi connectivity index (χ4v) is 2.46. The number of aromatic amines is 1. The molecule has 1 saturated carbocycles. The topological polar surface area (TPSA) is 86.9 Å². The quantitative estimate of drug-likeness (QED) is 0.601. The lowest BCUT2D eigenvalue weighted by Crippen LogP contribution is -2.32. The van der Waals surface area contributed by atoms with E-state index in [2.05, 4.69) is 20.0 Å². The number of nitrogens with zero attached hydrogens (tertiary/aromatic N) is 1. The summed E-state index contributed by atoms with van der Waals surface area (Å²) >= 11 is 0. The molecule has 0 aromatic carbocycles. The van der Waals surface area contributed by atoms with Crippen LogP contribution in [-0.4, -0.2) is 37.5 Å². The molecule has 3 N–H and O–H groups in total. The third-order valence-electron chi connectivity index (χ3n) is 2.66. The van der Waals surface area contributed by atoms with E-state index in [0.29, 0.717) is 31.4 Å². The number of imidazole rings is 1. The van der Waals surface area contributed by atoms with E-state index in [9.17, 15) is 8.42 Å². The van der Waals surface area contributed by atoms with Gasteiger partial charge in [0.15, 0.2) is 5.03 Å². The van der Waals surface area contributed by atoms with Crippen molar-refractivity contribution in [3.63, 3.8) is 0 Å². The summed E-state index contributed by atoms with van der Waals surface area (Å²) in [7, 11) is -3.44. The van der Waals surface area contributed by atoms with Crippen LogP contribution in [0.15, 0.2) is 11.2 Å². The Morgan fingerprint density at radius 1 is 1.47 bits per heavy atom. The number of rotatable bonds is 7. The predicted octanol–water partition coefficient (Wildman–Crippen LogP) is 0.00240. The number of H-pyrrole nitrogens is 1. The molecule has 0 aliphatic heterocycles. The Balaban J connectivity index is 1.84. The van der Waals surface area contributed by atoms with E-state index in [0.717, 1.165) is 0 Å². The summed E-state index contributed by atoms with van der Waals surface area (Å²) in [5.41, 5.74) is 0. The molecule has 1 aromatic rings. The third-order valence-corrected chi connectivity index (χ3v) is 4.03. The maximum atomic E-state index is 11.8. The van der Waals surface area contributed by atoms with Gasteiger partial charge in [-0.1, -0.05) is 6.92 Å². The van der Waals surface area contributed by atoms with Gasteiger partial charge in [0.1, 0.15) is 5.82 Å². The van der Waals surface area contributed by atoms with Crippen molar-refractivity contribution in [1.29, 1.82) is 0 Å². The van der Waals surface area contributed by atoms with Crippen LogP contribution < -0.4 is 10.0 Å². The smallest absolute Gasteiger partial charge is 0.257 e. The van der Waals surface area contributed by atoms with Gasteiger partial charge < -0.3 is 10.3 Å². The highest BCUT2D eigenvalue weighted by Crippen LogP contribution is 2.17. The second-order valence-electron chi connectivity index (χ2n) is 4.17. The zero-order chi connectivity index (χ0) is 12.3. The van der Waals surface area contributed by atoms with Crippen molar-refractivity contribution in [3.8, 4) is 0 Å². The van der Waals surface area contributed by atoms with Gasteiger partial charge in [0.25, 0.3) is 10.0 Å². The zero-order valence-corrected chi connectivity index (χ0v) is 10.7. The number of sulfonamides is 1. The first kappa shape index (κ1) is 12.5. The molecule has 6 nitrogen and oxygen atoms in total. The Morgan fingerprint density at radius 2 is 2.24 bits per heavy atom. The summed E-state index contributed by atoms with van der Waals surface area (Å²) in [4.78, 5) is 6.76. The third kappa shape index (κ3) is 3.52. The van der Waals surface area contributed by atoms with Gasteiger partial charge in [0, 0.05) is 25.6 Å². The fourth-order valence-electron chi connectivity index (χ4n) is 1.49. The van der Waals surface area contributed by atoms with Crippen LogP contribution in [0.1, 0.15) is 25.6 Å². The number of aromatic nitrogens is 2. The largest absolute Gasteiger partial charge is 0.332 e. The molecule has 0 saturated heterocycles. The second kappa shape index (κ2) is 5.16. The first-order valence-corrected chi connectivity index (χ1v) is 7.37. The lowest BCUT2D eigenvalue weighted by molar-refractivity contribution is 0.572. The van der Waals surface area contributed by atoms with Crippen molar-refractivity contribution < 1.29 is 8.42 Å². The lowest BCUT2D eigenvalue weighted by Gasteiger charge is -2.05. The summed E-state index contributed by atoms with van der Waals surface area (Å²) in [5, 5.41) is 3.38. The van der Waals surface area contributed by atoms with Crippen LogP contribution in [0.25, 0.3) is 0 Å². The highest BCUT2D eigenvalue weighted by Gasteiger charge is 2.20. The molecule has 7 heteroatoms. The van der Waals surface area contributed by atoms with E-state index >= 15 is 0 Å². The molecule has 1 aliphatic carbocycles. The van der Waals surface area contributed by atoms with Crippen molar-refractivity contribution in [2.24, 2.45) is 0 Å². The minimum absolute atomic E-state index is 0.140. The monoisotopic (exact) mass is 258 g/mol. The van der Waals surface area contributed by atoms with E-state index in [1.54, 1.807) is 0 Å². The molecule has 0 spiro atoms. The Kier molecular flexibility index (Phi) is 3.80. The van der Waals surface area contributed by atoms with Gasteiger partial charge in [-0.05, 0) is 12.8 Å². The average Bonchev–Trinajstić information content (AvgIpc) is 2.98. The highest BCUT2D eigenvalue weighted by atomic mass is 32.2. The second-order valence-corrected chi connectivity index (χ2v) is 5.91. The van der Waals surface area contributed by atoms with Crippen LogP contribution in [-0.2, 0) is 16.4 Å². The molecular formula is C10H18N4O2S. The molecule has 17 heavy (non-hydrogen) atoms. The van der Waals surface area contributed by atoms with Crippen molar-refractivity contribution in [3.05, 3.63) is 12.0 Å². The summed E-state index contributed by atoms with van der Waals surface area (Å²) in [6.07, 6.45) is 4.45. The molecule has 2 rings (SSSR count). The molecule has 1 aliphatic rings. The van der Waals surface area contributed by atoms with Gasteiger partial charge in [-0.15, -0.1) is 0 Å². The molecular weight excluding hydrogens is 240 g/mol. The van der Waals surface area contributed by atoms with Crippen molar-refractivity contribution in [1.82, 2.24) is 20.0 Å². The van der Waals surface area contributed by atoms with Gasteiger partial charge in [-0.3, -0.25) is 0 Å². The molecule has 0 amide bonds. The summed E-state index contributed by atoms with van der Waals surface area (Å²) in [6.45, 7) is 2.99. The molecule has 0 atom stereocenters. The van der Waals surface area contributed by atoms with E-state index in [4.69, 9.17) is 0 Å². The van der Waals surface area contributed by atoms with Gasteiger partial charge in [-0.2, -0.15) is 0 Å². The number of hydrogen-bond acceptors (Lipinski definition) is 4. The van der Waals surface area contributed by atoms with Gasteiger partial charge in [0.05, 0.1) is 6.20 Å². The summed E-state index contributed by atoms with van der Waals surface area (Å²) < 4.78 is 26.2. The highest BCUT2D eigenvalue weighted by molar-refractivity contribution is 7.89. The average molecular weight is 258 g/mol. The van der Waals surface area contributed by atoms with E-state index in [1.165, 1.54) is 19.0 Å². The predicted molar refractivity (Wildman–Crippen MR) is 64.2 cm³/mol. The number of nitrogens with one attached hydrogen (secondary N) is 3. The lowest BCUT2D eigenvalue weighted by atomic mass is 10.5. The van der Waals surface area contributed by atoms with Crippen LogP contribution in [0.4, 0.5) is 0 Å².